The lowest BCUT2D eigenvalue weighted by molar-refractivity contribution is 0.415. The number of anilines is 1. The number of nitrogens with two attached hydrogens (primary N) is 1. The summed E-state index contributed by atoms with van der Waals surface area (Å²) < 4.78 is 7.44. The Labute approximate surface area is 199 Å². The Hall–Kier alpha value is -3.43. The first-order chi connectivity index (χ1) is 16.0. The monoisotopic (exact) mass is 474 g/mol. The summed E-state index contributed by atoms with van der Waals surface area (Å²) in [5.74, 6) is 3.24. The fraction of sp³-hybridized carbons (Fsp3) is 0.167. The summed E-state index contributed by atoms with van der Waals surface area (Å²) in [5, 5.41) is 10.7. The van der Waals surface area contributed by atoms with Crippen molar-refractivity contribution in [2.45, 2.75) is 24.8 Å². The molecule has 0 bridgehead atoms. The van der Waals surface area contributed by atoms with Crippen LogP contribution in [0.3, 0.4) is 0 Å². The zero-order valence-corrected chi connectivity index (χ0v) is 20.1. The number of aryl methyl sites for hydroxylation is 2. The van der Waals surface area contributed by atoms with Crippen molar-refractivity contribution in [2.75, 3.05) is 12.8 Å². The summed E-state index contributed by atoms with van der Waals surface area (Å²) >= 11 is 3.18. The standard InChI is InChI=1S/C24H22N6OS2/c1-14-15(2)33-23-20(14)21(25)26-19(27-23)13-32-24-29-28-22(16-8-7-11-18(12-16)31-3)30(24)17-9-5-4-6-10-17/h4-12H,13H2,1-3H3,(H2,25,26,27). The third-order valence-corrected chi connectivity index (χ3v) is 7.44. The van der Waals surface area contributed by atoms with Crippen LogP contribution in [0.5, 0.6) is 5.75 Å². The minimum atomic E-state index is 0.527. The fourth-order valence-electron chi connectivity index (χ4n) is 3.64. The van der Waals surface area contributed by atoms with Gasteiger partial charge in [-0.05, 0) is 43.7 Å². The molecular formula is C24H22N6OS2. The molecule has 0 unspecified atom stereocenters. The van der Waals surface area contributed by atoms with Gasteiger partial charge in [0.05, 0.1) is 18.2 Å². The van der Waals surface area contributed by atoms with Gasteiger partial charge in [-0.1, -0.05) is 42.1 Å². The molecule has 2 N–H and O–H groups in total. The zero-order chi connectivity index (χ0) is 22.9. The average Bonchev–Trinajstić information content (AvgIpc) is 3.39. The van der Waals surface area contributed by atoms with Gasteiger partial charge in [0.15, 0.2) is 11.0 Å². The molecule has 0 saturated heterocycles. The van der Waals surface area contributed by atoms with E-state index in [9.17, 15) is 0 Å². The molecule has 2 aromatic carbocycles. The molecule has 0 saturated carbocycles. The van der Waals surface area contributed by atoms with Crippen LogP contribution in [0.15, 0.2) is 59.8 Å². The third-order valence-electron chi connectivity index (χ3n) is 5.41. The van der Waals surface area contributed by atoms with Crippen molar-refractivity contribution >= 4 is 39.1 Å². The molecule has 0 radical (unpaired) electrons. The SMILES string of the molecule is COc1cccc(-c2nnc(SCc3nc(N)c4c(C)c(C)sc4n3)n2-c2ccccc2)c1. The fourth-order valence-corrected chi connectivity index (χ4v) is 5.51. The Morgan fingerprint density at radius 3 is 2.64 bits per heavy atom. The van der Waals surface area contributed by atoms with E-state index in [2.05, 4.69) is 29.0 Å². The number of para-hydroxylation sites is 1. The Morgan fingerprint density at radius 1 is 1.03 bits per heavy atom. The smallest absolute Gasteiger partial charge is 0.196 e. The number of benzene rings is 2. The van der Waals surface area contributed by atoms with Gasteiger partial charge in [-0.2, -0.15) is 0 Å². The van der Waals surface area contributed by atoms with Crippen molar-refractivity contribution in [3.63, 3.8) is 0 Å². The molecule has 0 aliphatic rings. The van der Waals surface area contributed by atoms with Gasteiger partial charge < -0.3 is 10.5 Å². The summed E-state index contributed by atoms with van der Waals surface area (Å²) in [5.41, 5.74) is 9.32. The molecule has 166 valence electrons. The molecule has 0 fully saturated rings. The van der Waals surface area contributed by atoms with Crippen molar-refractivity contribution in [1.82, 2.24) is 24.7 Å². The Morgan fingerprint density at radius 2 is 1.85 bits per heavy atom. The van der Waals surface area contributed by atoms with Crippen molar-refractivity contribution in [3.8, 4) is 22.8 Å². The quantitative estimate of drug-likeness (QED) is 0.328. The normalized spacial score (nSPS) is 11.2. The van der Waals surface area contributed by atoms with E-state index in [0.717, 1.165) is 43.8 Å². The lowest BCUT2D eigenvalue weighted by Gasteiger charge is -2.11. The number of ether oxygens (including phenoxy) is 1. The summed E-state index contributed by atoms with van der Waals surface area (Å²) in [6, 6.07) is 17.9. The molecule has 5 rings (SSSR count). The Balaban J connectivity index is 1.52. The second-order valence-electron chi connectivity index (χ2n) is 7.49. The lowest BCUT2D eigenvalue weighted by atomic mass is 10.2. The van der Waals surface area contributed by atoms with E-state index in [1.165, 1.54) is 16.6 Å². The van der Waals surface area contributed by atoms with Crippen molar-refractivity contribution in [3.05, 3.63) is 70.9 Å². The molecule has 5 aromatic rings. The number of hydrogen-bond acceptors (Lipinski definition) is 8. The van der Waals surface area contributed by atoms with Gasteiger partial charge in [-0.3, -0.25) is 4.57 Å². The van der Waals surface area contributed by atoms with Gasteiger partial charge in [0.25, 0.3) is 0 Å². The topological polar surface area (TPSA) is 91.7 Å². The van der Waals surface area contributed by atoms with E-state index in [4.69, 9.17) is 15.5 Å². The first-order valence-electron chi connectivity index (χ1n) is 10.4. The predicted octanol–water partition coefficient (Wildman–Crippen LogP) is 5.44. The number of nitrogens with zero attached hydrogens (tertiary/aromatic N) is 5. The van der Waals surface area contributed by atoms with Crippen LogP contribution in [0.4, 0.5) is 5.82 Å². The number of aromatic nitrogens is 5. The van der Waals surface area contributed by atoms with Crippen molar-refractivity contribution in [2.24, 2.45) is 0 Å². The molecule has 0 spiro atoms. The van der Waals surface area contributed by atoms with Crippen molar-refractivity contribution in [1.29, 1.82) is 0 Å². The van der Waals surface area contributed by atoms with Gasteiger partial charge >= 0.3 is 0 Å². The van der Waals surface area contributed by atoms with Gasteiger partial charge in [-0.15, -0.1) is 21.5 Å². The molecule has 0 atom stereocenters. The largest absolute Gasteiger partial charge is 0.497 e. The number of rotatable bonds is 6. The number of thiophene rings is 1. The number of nitrogen functional groups attached to an aromatic ring is 1. The van der Waals surface area contributed by atoms with Crippen LogP contribution in [0.1, 0.15) is 16.3 Å². The maximum absolute atomic E-state index is 6.27. The highest BCUT2D eigenvalue weighted by Crippen LogP contribution is 2.34. The van der Waals surface area contributed by atoms with Crippen molar-refractivity contribution < 1.29 is 4.74 Å². The van der Waals surface area contributed by atoms with E-state index < -0.39 is 0 Å². The summed E-state index contributed by atoms with van der Waals surface area (Å²) in [7, 11) is 1.65. The zero-order valence-electron chi connectivity index (χ0n) is 18.4. The molecule has 9 heteroatoms. The van der Waals surface area contributed by atoms with Gasteiger partial charge in [-0.25, -0.2) is 9.97 Å². The van der Waals surface area contributed by atoms with Crippen LogP contribution in [0.25, 0.3) is 27.3 Å². The van der Waals surface area contributed by atoms with Crippen LogP contribution in [-0.2, 0) is 5.75 Å². The highest BCUT2D eigenvalue weighted by molar-refractivity contribution is 7.98. The molecule has 3 heterocycles. The summed E-state index contributed by atoms with van der Waals surface area (Å²) in [6.45, 7) is 4.14. The first-order valence-corrected chi connectivity index (χ1v) is 12.2. The molecular weight excluding hydrogens is 452 g/mol. The van der Waals surface area contributed by atoms with E-state index in [1.54, 1.807) is 18.4 Å². The van der Waals surface area contributed by atoms with Crippen LogP contribution in [-0.4, -0.2) is 31.8 Å². The number of fused-ring (bicyclic) bond motifs is 1. The molecule has 0 amide bonds. The number of hydrogen-bond donors (Lipinski definition) is 1. The minimum Gasteiger partial charge on any atom is -0.497 e. The maximum atomic E-state index is 6.27. The Kier molecular flexibility index (Phi) is 5.74. The molecule has 0 aliphatic heterocycles. The van der Waals surface area contributed by atoms with Crippen LogP contribution in [0, 0.1) is 13.8 Å². The second-order valence-corrected chi connectivity index (χ2v) is 9.63. The summed E-state index contributed by atoms with van der Waals surface area (Å²) in [4.78, 5) is 11.5. The minimum absolute atomic E-state index is 0.527. The second kappa shape index (κ2) is 8.84. The summed E-state index contributed by atoms with van der Waals surface area (Å²) in [6.07, 6.45) is 0. The van der Waals surface area contributed by atoms with Crippen LogP contribution >= 0.6 is 23.1 Å². The van der Waals surface area contributed by atoms with Crippen LogP contribution < -0.4 is 10.5 Å². The van der Waals surface area contributed by atoms with Crippen LogP contribution in [0.2, 0.25) is 0 Å². The average molecular weight is 475 g/mol. The van der Waals surface area contributed by atoms with Gasteiger partial charge in [0.2, 0.25) is 0 Å². The highest BCUT2D eigenvalue weighted by Gasteiger charge is 2.18. The predicted molar refractivity (Wildman–Crippen MR) is 134 cm³/mol. The van der Waals surface area contributed by atoms with Gasteiger partial charge in [0.1, 0.15) is 22.2 Å². The number of methoxy groups -OCH3 is 1. The van der Waals surface area contributed by atoms with E-state index in [1.807, 2.05) is 59.2 Å². The highest BCUT2D eigenvalue weighted by atomic mass is 32.2. The van der Waals surface area contributed by atoms with E-state index in [-0.39, 0.29) is 0 Å². The Bertz CT molecular complexity index is 1440. The van der Waals surface area contributed by atoms with E-state index >= 15 is 0 Å². The third kappa shape index (κ3) is 4.05. The molecule has 3 aromatic heterocycles. The molecule has 0 aliphatic carbocycles. The number of thioether (sulfide) groups is 1. The van der Waals surface area contributed by atoms with E-state index in [0.29, 0.717) is 17.4 Å². The van der Waals surface area contributed by atoms with Gasteiger partial charge in [0, 0.05) is 16.1 Å². The first kappa shape index (κ1) is 21.4. The molecule has 7 nitrogen and oxygen atoms in total. The maximum Gasteiger partial charge on any atom is 0.196 e. The lowest BCUT2D eigenvalue weighted by Crippen LogP contribution is -2.02. The molecule has 33 heavy (non-hydrogen) atoms.